The summed E-state index contributed by atoms with van der Waals surface area (Å²) in [4.78, 5) is 20.1. The van der Waals surface area contributed by atoms with Gasteiger partial charge in [-0.25, -0.2) is 4.39 Å². The highest BCUT2D eigenvalue weighted by molar-refractivity contribution is 9.10. The fraction of sp³-hybridized carbons (Fsp3) is 0.714. The Bertz CT molecular complexity index is 165. The van der Waals surface area contributed by atoms with E-state index in [2.05, 4.69) is 25.4 Å². The molecule has 0 spiro atoms. The van der Waals surface area contributed by atoms with Gasteiger partial charge in [0.15, 0.2) is 0 Å². The van der Waals surface area contributed by atoms with Crippen molar-refractivity contribution < 1.29 is 23.5 Å². The highest BCUT2D eigenvalue weighted by Crippen LogP contribution is 2.07. The van der Waals surface area contributed by atoms with Gasteiger partial charge in [-0.05, 0) is 0 Å². The summed E-state index contributed by atoms with van der Waals surface area (Å²) in [5, 5.41) is 0. The van der Waals surface area contributed by atoms with Crippen molar-refractivity contribution in [3.05, 3.63) is 0 Å². The first-order valence-electron chi connectivity index (χ1n) is 3.64. The Morgan fingerprint density at radius 3 is 2.77 bits per heavy atom. The van der Waals surface area contributed by atoms with E-state index >= 15 is 0 Å². The van der Waals surface area contributed by atoms with Crippen molar-refractivity contribution in [2.75, 3.05) is 19.9 Å². The Hall–Kier alpha value is -0.650. The van der Waals surface area contributed by atoms with Gasteiger partial charge >= 0.3 is 5.97 Å². The largest absolute Gasteiger partial charge is 0.468 e. The van der Waals surface area contributed by atoms with E-state index in [0.29, 0.717) is 12.9 Å². The lowest BCUT2D eigenvalue weighted by Crippen LogP contribution is -2.20. The van der Waals surface area contributed by atoms with E-state index in [4.69, 9.17) is 0 Å². The van der Waals surface area contributed by atoms with Gasteiger partial charge in [-0.15, -0.1) is 0 Å². The van der Waals surface area contributed by atoms with Gasteiger partial charge in [0, 0.05) is 6.42 Å². The number of alkyl halides is 2. The molecule has 1 atom stereocenters. The molecule has 0 aromatic heterocycles. The van der Waals surface area contributed by atoms with Gasteiger partial charge < -0.3 is 9.47 Å². The molecule has 76 valence electrons. The van der Waals surface area contributed by atoms with Crippen LogP contribution in [0.1, 0.15) is 6.42 Å². The number of rotatable bonds is 7. The van der Waals surface area contributed by atoms with Crippen LogP contribution in [0, 0.1) is 0 Å². The standard InChI is InChI=1S/C7H10BrFO4/c8-6(1-3-12-5-10)7(11)13-4-2-9/h5-6H,1-4H2. The summed E-state index contributed by atoms with van der Waals surface area (Å²) in [6.45, 7) is -0.511. The van der Waals surface area contributed by atoms with Gasteiger partial charge in [0.2, 0.25) is 0 Å². The van der Waals surface area contributed by atoms with Crippen LogP contribution >= 0.6 is 15.9 Å². The van der Waals surface area contributed by atoms with E-state index in [1.54, 1.807) is 0 Å². The molecule has 0 aliphatic heterocycles. The van der Waals surface area contributed by atoms with Crippen molar-refractivity contribution in [1.29, 1.82) is 0 Å². The molecule has 0 saturated heterocycles. The van der Waals surface area contributed by atoms with Crippen LogP contribution in [0.3, 0.4) is 0 Å². The lowest BCUT2D eigenvalue weighted by molar-refractivity contribution is -0.144. The van der Waals surface area contributed by atoms with E-state index in [9.17, 15) is 14.0 Å². The first kappa shape index (κ1) is 12.3. The maximum Gasteiger partial charge on any atom is 0.319 e. The molecular weight excluding hydrogens is 247 g/mol. The molecule has 1 unspecified atom stereocenters. The molecule has 0 N–H and O–H groups in total. The molecule has 0 saturated carbocycles. The summed E-state index contributed by atoms with van der Waals surface area (Å²) in [5.74, 6) is -0.549. The van der Waals surface area contributed by atoms with Crippen molar-refractivity contribution in [1.82, 2.24) is 0 Å². The fourth-order valence-corrected chi connectivity index (χ4v) is 0.886. The van der Waals surface area contributed by atoms with Gasteiger partial charge in [0.25, 0.3) is 6.47 Å². The minimum absolute atomic E-state index is 0.129. The zero-order valence-electron chi connectivity index (χ0n) is 6.87. The first-order valence-corrected chi connectivity index (χ1v) is 4.56. The number of hydrogen-bond acceptors (Lipinski definition) is 4. The second kappa shape index (κ2) is 7.97. The molecule has 0 aromatic carbocycles. The minimum Gasteiger partial charge on any atom is -0.468 e. The number of ether oxygens (including phenoxy) is 2. The molecule has 13 heavy (non-hydrogen) atoms. The highest BCUT2D eigenvalue weighted by Gasteiger charge is 2.15. The number of carbonyl (C=O) groups is 2. The van der Waals surface area contributed by atoms with Crippen LogP contribution < -0.4 is 0 Å². The average Bonchev–Trinajstić information content (AvgIpc) is 2.14. The summed E-state index contributed by atoms with van der Waals surface area (Å²) < 4.78 is 20.4. The Morgan fingerprint density at radius 1 is 1.54 bits per heavy atom. The molecule has 0 amide bonds. The van der Waals surface area contributed by atoms with Gasteiger partial charge in [0.05, 0.1) is 6.61 Å². The summed E-state index contributed by atoms with van der Waals surface area (Å²) in [6, 6.07) is 0. The lowest BCUT2D eigenvalue weighted by atomic mass is 10.3. The molecule has 0 fully saturated rings. The molecule has 0 bridgehead atoms. The number of hydrogen-bond donors (Lipinski definition) is 0. The monoisotopic (exact) mass is 256 g/mol. The van der Waals surface area contributed by atoms with E-state index in [1.165, 1.54) is 0 Å². The number of carbonyl (C=O) groups excluding carboxylic acids is 2. The molecule has 0 aliphatic rings. The van der Waals surface area contributed by atoms with Gasteiger partial charge in [-0.1, -0.05) is 15.9 Å². The van der Waals surface area contributed by atoms with E-state index < -0.39 is 17.5 Å². The zero-order valence-corrected chi connectivity index (χ0v) is 8.46. The maximum atomic E-state index is 11.6. The molecule has 0 heterocycles. The Balaban J connectivity index is 3.50. The number of esters is 1. The molecule has 0 aliphatic carbocycles. The average molecular weight is 257 g/mol. The second-order valence-corrected chi connectivity index (χ2v) is 3.19. The van der Waals surface area contributed by atoms with Gasteiger partial charge in [0.1, 0.15) is 18.1 Å². The van der Waals surface area contributed by atoms with Crippen molar-refractivity contribution in [3.63, 3.8) is 0 Å². The van der Waals surface area contributed by atoms with Crippen LogP contribution in [0.5, 0.6) is 0 Å². The van der Waals surface area contributed by atoms with Crippen molar-refractivity contribution >= 4 is 28.4 Å². The van der Waals surface area contributed by atoms with Crippen LogP contribution in [-0.4, -0.2) is 37.2 Å². The smallest absolute Gasteiger partial charge is 0.319 e. The van der Waals surface area contributed by atoms with Crippen LogP contribution in [0.2, 0.25) is 0 Å². The molecule has 0 radical (unpaired) electrons. The topological polar surface area (TPSA) is 52.6 Å². The normalized spacial score (nSPS) is 11.8. The van der Waals surface area contributed by atoms with Crippen LogP contribution in [0.25, 0.3) is 0 Å². The molecular formula is C7H10BrFO4. The molecule has 0 rings (SSSR count). The minimum atomic E-state index is -0.698. The third-order valence-electron chi connectivity index (χ3n) is 1.13. The Kier molecular flexibility index (Phi) is 7.57. The Labute approximate surface area is 83.5 Å². The highest BCUT2D eigenvalue weighted by atomic mass is 79.9. The molecule has 4 nitrogen and oxygen atoms in total. The van der Waals surface area contributed by atoms with Crippen LogP contribution in [0.4, 0.5) is 4.39 Å². The van der Waals surface area contributed by atoms with Crippen LogP contribution in [-0.2, 0) is 19.1 Å². The summed E-state index contributed by atoms with van der Waals surface area (Å²) in [7, 11) is 0. The van der Waals surface area contributed by atoms with E-state index in [0.717, 1.165) is 0 Å². The third-order valence-corrected chi connectivity index (χ3v) is 1.97. The van der Waals surface area contributed by atoms with E-state index in [-0.39, 0.29) is 13.2 Å². The lowest BCUT2D eigenvalue weighted by Gasteiger charge is -2.07. The van der Waals surface area contributed by atoms with Crippen LogP contribution in [0.15, 0.2) is 0 Å². The summed E-state index contributed by atoms with van der Waals surface area (Å²) in [6.07, 6.45) is 0.309. The van der Waals surface area contributed by atoms with Crippen molar-refractivity contribution in [2.45, 2.75) is 11.2 Å². The van der Waals surface area contributed by atoms with Gasteiger partial charge in [-0.2, -0.15) is 0 Å². The van der Waals surface area contributed by atoms with Gasteiger partial charge in [-0.3, -0.25) is 9.59 Å². The second-order valence-electron chi connectivity index (χ2n) is 2.08. The predicted molar refractivity (Wildman–Crippen MR) is 46.3 cm³/mol. The molecule has 0 aromatic rings. The molecule has 6 heteroatoms. The quantitative estimate of drug-likeness (QED) is 0.293. The maximum absolute atomic E-state index is 11.6. The SMILES string of the molecule is O=COCCC(Br)C(=O)OCCF. The van der Waals surface area contributed by atoms with E-state index in [1.807, 2.05) is 0 Å². The number of halogens is 2. The summed E-state index contributed by atoms with van der Waals surface area (Å²) >= 11 is 3.01. The third kappa shape index (κ3) is 6.51. The summed E-state index contributed by atoms with van der Waals surface area (Å²) in [5.41, 5.74) is 0. The van der Waals surface area contributed by atoms with Crippen molar-refractivity contribution in [3.8, 4) is 0 Å². The fourth-order valence-electron chi connectivity index (χ4n) is 0.567. The Morgan fingerprint density at radius 2 is 2.23 bits per heavy atom. The predicted octanol–water partition coefficient (Wildman–Crippen LogP) is 0.826. The zero-order chi connectivity index (χ0) is 10.1. The van der Waals surface area contributed by atoms with Crippen molar-refractivity contribution in [2.24, 2.45) is 0 Å². The first-order chi connectivity index (χ1) is 6.22.